The van der Waals surface area contributed by atoms with Gasteiger partial charge in [-0.15, -0.1) is 10.2 Å². The summed E-state index contributed by atoms with van der Waals surface area (Å²) in [6.45, 7) is 4.23. The van der Waals surface area contributed by atoms with Crippen LogP contribution in [0.5, 0.6) is 11.5 Å². The average molecular weight is 474 g/mol. The number of fused-ring (bicyclic) bond motifs is 2. The van der Waals surface area contributed by atoms with Gasteiger partial charge in [0, 0.05) is 25.0 Å². The number of carbonyl (C=O) groups excluding carboxylic acids is 1. The average Bonchev–Trinajstić information content (AvgIpc) is 3.33. The third-order valence-electron chi connectivity index (χ3n) is 6.06. The summed E-state index contributed by atoms with van der Waals surface area (Å²) in [6.07, 6.45) is 3.48. The molecule has 0 aliphatic carbocycles. The molecule has 2 aromatic carbocycles. The van der Waals surface area contributed by atoms with Gasteiger partial charge in [-0.3, -0.25) is 14.1 Å². The zero-order valence-electron chi connectivity index (χ0n) is 19.7. The summed E-state index contributed by atoms with van der Waals surface area (Å²) < 4.78 is 13.1. The highest BCUT2D eigenvalue weighted by Crippen LogP contribution is 2.37. The number of aliphatic hydroxyl groups excluding tert-OH is 1. The molecule has 1 aliphatic rings. The molecule has 9 nitrogen and oxygen atoms in total. The predicted octanol–water partition coefficient (Wildman–Crippen LogP) is 3.15. The Balaban J connectivity index is 1.44. The predicted molar refractivity (Wildman–Crippen MR) is 132 cm³/mol. The molecule has 1 aliphatic heterocycles. The van der Waals surface area contributed by atoms with Crippen molar-refractivity contribution in [2.45, 2.75) is 13.5 Å². The van der Waals surface area contributed by atoms with E-state index < -0.39 is 0 Å². The molecule has 0 bridgehead atoms. The van der Waals surface area contributed by atoms with Crippen molar-refractivity contribution in [1.29, 1.82) is 0 Å². The zero-order valence-corrected chi connectivity index (χ0v) is 19.7. The van der Waals surface area contributed by atoms with E-state index in [4.69, 9.17) is 9.47 Å². The molecule has 2 aromatic heterocycles. The minimum absolute atomic E-state index is 0.0672. The van der Waals surface area contributed by atoms with E-state index in [0.717, 1.165) is 33.8 Å². The minimum Gasteiger partial charge on any atom is -0.486 e. The Morgan fingerprint density at radius 3 is 2.83 bits per heavy atom. The third kappa shape index (κ3) is 4.68. The maximum atomic E-state index is 13.4. The van der Waals surface area contributed by atoms with Crippen molar-refractivity contribution in [3.8, 4) is 22.6 Å². The van der Waals surface area contributed by atoms with Gasteiger partial charge in [-0.05, 0) is 60.5 Å². The number of hydrogen-bond acceptors (Lipinski definition) is 7. The number of anilines is 1. The van der Waals surface area contributed by atoms with Crippen molar-refractivity contribution >= 4 is 17.2 Å². The second kappa shape index (κ2) is 9.73. The summed E-state index contributed by atoms with van der Waals surface area (Å²) in [7, 11) is 1.92. The summed E-state index contributed by atoms with van der Waals surface area (Å²) in [5.41, 5.74) is 5.46. The first-order valence-corrected chi connectivity index (χ1v) is 11.5. The van der Waals surface area contributed by atoms with Crippen molar-refractivity contribution in [2.75, 3.05) is 38.7 Å². The molecule has 9 heteroatoms. The van der Waals surface area contributed by atoms with Crippen LogP contribution in [-0.4, -0.2) is 63.9 Å². The number of amides is 1. The van der Waals surface area contributed by atoms with E-state index in [1.54, 1.807) is 10.7 Å². The lowest BCUT2D eigenvalue weighted by molar-refractivity contribution is 0.102. The van der Waals surface area contributed by atoms with Crippen molar-refractivity contribution in [2.24, 2.45) is 0 Å². The molecule has 0 fully saturated rings. The molecular weight excluding hydrogens is 446 g/mol. The van der Waals surface area contributed by atoms with Gasteiger partial charge in [0.1, 0.15) is 19.5 Å². The van der Waals surface area contributed by atoms with Gasteiger partial charge in [0.05, 0.1) is 12.2 Å². The van der Waals surface area contributed by atoms with Crippen LogP contribution in [0, 0.1) is 6.92 Å². The fourth-order valence-electron chi connectivity index (χ4n) is 4.30. The number of benzene rings is 2. The van der Waals surface area contributed by atoms with Gasteiger partial charge in [0.15, 0.2) is 17.1 Å². The fraction of sp³-hybridized carbons (Fsp3) is 0.269. The van der Waals surface area contributed by atoms with Gasteiger partial charge in [-0.25, -0.2) is 0 Å². The number of aliphatic hydroxyl groups is 1. The van der Waals surface area contributed by atoms with Gasteiger partial charge in [0.2, 0.25) is 0 Å². The van der Waals surface area contributed by atoms with Crippen molar-refractivity contribution in [3.05, 3.63) is 71.7 Å². The Morgan fingerprint density at radius 2 is 2.00 bits per heavy atom. The third-order valence-corrected chi connectivity index (χ3v) is 6.06. The Kier molecular flexibility index (Phi) is 6.35. The molecule has 0 radical (unpaired) electrons. The Morgan fingerprint density at radius 1 is 1.17 bits per heavy atom. The standard InChI is InChI=1S/C26H27N5O4/c1-17-20(19-6-7-23-24(13-19)35-11-10-34-23)4-3-5-22(17)28-26(33)21-12-18(14-30(2)8-9-32)15-31-16-27-29-25(21)31/h3-7,12-13,15-16,32H,8-11,14H2,1-2H3,(H,28,33). The molecule has 4 aromatic rings. The number of nitrogens with zero attached hydrogens (tertiary/aromatic N) is 4. The molecule has 0 atom stereocenters. The highest BCUT2D eigenvalue weighted by molar-refractivity contribution is 6.09. The number of rotatable bonds is 7. The van der Waals surface area contributed by atoms with Crippen molar-refractivity contribution < 1.29 is 19.4 Å². The van der Waals surface area contributed by atoms with Crippen molar-refractivity contribution in [3.63, 3.8) is 0 Å². The first-order chi connectivity index (χ1) is 17.0. The normalized spacial score (nSPS) is 12.8. The zero-order chi connectivity index (χ0) is 24.4. The molecular formula is C26H27N5O4. The molecule has 35 heavy (non-hydrogen) atoms. The second-order valence-corrected chi connectivity index (χ2v) is 8.58. The SMILES string of the molecule is Cc1c(NC(=O)c2cc(CN(C)CCO)cn3cnnc23)cccc1-c1ccc2c(c1)OCCO2. The molecule has 3 heterocycles. The topological polar surface area (TPSA) is 101 Å². The maximum absolute atomic E-state index is 13.4. The highest BCUT2D eigenvalue weighted by atomic mass is 16.6. The van der Waals surface area contributed by atoms with Crippen LogP contribution in [0.2, 0.25) is 0 Å². The number of nitrogens with one attached hydrogen (secondary N) is 1. The lowest BCUT2D eigenvalue weighted by atomic mass is 9.98. The Bertz CT molecular complexity index is 1380. The quantitative estimate of drug-likeness (QED) is 0.425. The number of aromatic nitrogens is 3. The lowest BCUT2D eigenvalue weighted by Crippen LogP contribution is -2.22. The molecule has 5 rings (SSSR count). The number of carbonyl (C=O) groups is 1. The first-order valence-electron chi connectivity index (χ1n) is 11.5. The monoisotopic (exact) mass is 473 g/mol. The van der Waals surface area contributed by atoms with Gasteiger partial charge < -0.3 is 19.9 Å². The number of ether oxygens (including phenoxy) is 2. The van der Waals surface area contributed by atoms with Crippen LogP contribution in [0.4, 0.5) is 5.69 Å². The minimum atomic E-state index is -0.267. The van der Waals surface area contributed by atoms with E-state index in [-0.39, 0.29) is 12.5 Å². The molecule has 180 valence electrons. The number of likely N-dealkylation sites (N-methyl/N-ethyl adjacent to an activating group) is 1. The van der Waals surface area contributed by atoms with Gasteiger partial charge >= 0.3 is 0 Å². The second-order valence-electron chi connectivity index (χ2n) is 8.58. The van der Waals surface area contributed by atoms with E-state index in [2.05, 4.69) is 15.5 Å². The maximum Gasteiger partial charge on any atom is 0.259 e. The number of pyridine rings is 1. The summed E-state index contributed by atoms with van der Waals surface area (Å²) >= 11 is 0. The van der Waals surface area contributed by atoms with E-state index in [9.17, 15) is 9.90 Å². The molecule has 0 saturated carbocycles. The van der Waals surface area contributed by atoms with Crippen LogP contribution >= 0.6 is 0 Å². The van der Waals surface area contributed by atoms with Crippen molar-refractivity contribution in [1.82, 2.24) is 19.5 Å². The highest BCUT2D eigenvalue weighted by Gasteiger charge is 2.18. The van der Waals surface area contributed by atoms with Crippen LogP contribution in [0.3, 0.4) is 0 Å². The van der Waals surface area contributed by atoms with E-state index in [1.165, 1.54) is 0 Å². The molecule has 1 amide bonds. The largest absolute Gasteiger partial charge is 0.486 e. The summed E-state index contributed by atoms with van der Waals surface area (Å²) in [4.78, 5) is 15.4. The summed E-state index contributed by atoms with van der Waals surface area (Å²) in [6, 6.07) is 13.5. The lowest BCUT2D eigenvalue weighted by Gasteiger charge is -2.20. The Hall–Kier alpha value is -3.95. The summed E-state index contributed by atoms with van der Waals surface area (Å²) in [5, 5.41) is 20.4. The van der Waals surface area contributed by atoms with E-state index >= 15 is 0 Å². The van der Waals surface area contributed by atoms with E-state index in [1.807, 2.05) is 67.5 Å². The fourth-order valence-corrected chi connectivity index (χ4v) is 4.30. The first kappa shape index (κ1) is 22.8. The molecule has 2 N–H and O–H groups in total. The molecule has 0 unspecified atom stereocenters. The van der Waals surface area contributed by atoms with Crippen LogP contribution in [0.25, 0.3) is 16.8 Å². The van der Waals surface area contributed by atoms with E-state index in [0.29, 0.717) is 43.2 Å². The molecule has 0 spiro atoms. The number of hydrogen-bond donors (Lipinski definition) is 2. The van der Waals surface area contributed by atoms with Crippen LogP contribution in [-0.2, 0) is 6.54 Å². The smallest absolute Gasteiger partial charge is 0.259 e. The van der Waals surface area contributed by atoms with Crippen LogP contribution in [0.15, 0.2) is 55.0 Å². The van der Waals surface area contributed by atoms with Gasteiger partial charge in [-0.2, -0.15) is 0 Å². The van der Waals surface area contributed by atoms with Gasteiger partial charge in [0.25, 0.3) is 5.91 Å². The molecule has 0 saturated heterocycles. The van der Waals surface area contributed by atoms with Crippen LogP contribution < -0.4 is 14.8 Å². The Labute approximate surface area is 202 Å². The van der Waals surface area contributed by atoms with Gasteiger partial charge in [-0.1, -0.05) is 18.2 Å². The summed E-state index contributed by atoms with van der Waals surface area (Å²) in [5.74, 6) is 1.20. The van der Waals surface area contributed by atoms with Crippen LogP contribution in [0.1, 0.15) is 21.5 Å².